The highest BCUT2D eigenvalue weighted by molar-refractivity contribution is 4.74. The second kappa shape index (κ2) is 9.54. The first-order chi connectivity index (χ1) is 5.91. The molecule has 66 valence electrons. The molecule has 0 atom stereocenters. The number of nitrogens with two attached hydrogens (primary N) is 1. The van der Waals surface area contributed by atoms with Crippen LogP contribution in [0.2, 0.25) is 1.41 Å². The van der Waals surface area contributed by atoms with Crippen LogP contribution in [0.3, 0.4) is 0 Å². The summed E-state index contributed by atoms with van der Waals surface area (Å²) in [7, 11) is 0. The van der Waals surface area contributed by atoms with E-state index < -0.39 is 0 Å². The normalized spacial score (nSPS) is 11.9. The van der Waals surface area contributed by atoms with Gasteiger partial charge in [0.15, 0.2) is 1.41 Å². The van der Waals surface area contributed by atoms with Crippen LogP contribution in [0.15, 0.2) is 12.3 Å². The van der Waals surface area contributed by atoms with Gasteiger partial charge in [0, 0.05) is 0 Å². The fourth-order valence-electron chi connectivity index (χ4n) is 1.13. The number of unbranched alkanes of at least 4 members (excludes halogenated alkanes) is 6. The first kappa shape index (κ1) is 8.63. The Morgan fingerprint density at radius 1 is 1.18 bits per heavy atom. The molecule has 0 bridgehead atoms. The zero-order chi connectivity index (χ0) is 9.07. The Morgan fingerprint density at radius 3 is 2.64 bits per heavy atom. The van der Waals surface area contributed by atoms with E-state index in [9.17, 15) is 0 Å². The average Bonchev–Trinajstić information content (AvgIpc) is 2.10. The molecule has 0 aliphatic rings. The Morgan fingerprint density at radius 2 is 1.91 bits per heavy atom. The van der Waals surface area contributed by atoms with Crippen molar-refractivity contribution in [1.82, 2.24) is 0 Å². The standard InChI is InChI=1S/C10H21N/c1-2-3-4-5-6-7-8-9-10-11/h9-10H,2-8,11H2,1H3/i/hD. The maximum Gasteiger partial charge on any atom is 0.156 e. The fourth-order valence-corrected chi connectivity index (χ4v) is 1.13. The van der Waals surface area contributed by atoms with Crippen LogP contribution in [0.25, 0.3) is 0 Å². The first-order valence-electron chi connectivity index (χ1n) is 5.24. The quantitative estimate of drug-likeness (QED) is 0.536. The van der Waals surface area contributed by atoms with Gasteiger partial charge in [0.2, 0.25) is 0 Å². The Labute approximate surface area is 72.1 Å². The van der Waals surface area contributed by atoms with Gasteiger partial charge in [-0.05, 0) is 19.0 Å². The molecule has 11 heavy (non-hydrogen) atoms. The molecule has 0 aliphatic heterocycles. The predicted octanol–water partition coefficient (Wildman–Crippen LogP) is 3.21. The van der Waals surface area contributed by atoms with Crippen LogP contribution >= 0.6 is 0 Å². The van der Waals surface area contributed by atoms with Crippen LogP contribution in [0.5, 0.6) is 0 Å². The summed E-state index contributed by atoms with van der Waals surface area (Å²) >= 11 is 0. The van der Waals surface area contributed by atoms with E-state index in [2.05, 4.69) is 12.7 Å². The first-order valence-corrected chi connectivity index (χ1v) is 4.74. The Kier molecular flexibility index (Phi) is 7.49. The number of allylic oxidation sites excluding steroid dienone is 1. The van der Waals surface area contributed by atoms with E-state index in [4.69, 9.17) is 1.41 Å². The van der Waals surface area contributed by atoms with Crippen molar-refractivity contribution in [3.8, 4) is 0 Å². The molecule has 0 rings (SSSR count). The number of hydrogen-bond donors (Lipinski definition) is 1. The molecule has 0 heterocycles. The van der Waals surface area contributed by atoms with E-state index in [1.807, 2.05) is 6.08 Å². The van der Waals surface area contributed by atoms with E-state index in [1.165, 1.54) is 38.5 Å². The lowest BCUT2D eigenvalue weighted by Crippen LogP contribution is -1.79. The van der Waals surface area contributed by atoms with Crippen LogP contribution < -0.4 is 5.73 Å². The summed E-state index contributed by atoms with van der Waals surface area (Å²) in [5, 5.41) is 0. The Bertz CT molecular complexity index is 102. The van der Waals surface area contributed by atoms with Gasteiger partial charge in [0.25, 0.3) is 0 Å². The van der Waals surface area contributed by atoms with Gasteiger partial charge in [-0.3, -0.25) is 0 Å². The third kappa shape index (κ3) is 9.54. The molecular formula is C10H21N. The second-order valence-corrected chi connectivity index (χ2v) is 2.96. The van der Waals surface area contributed by atoms with Crippen molar-refractivity contribution in [2.24, 2.45) is 5.73 Å². The monoisotopic (exact) mass is 156 g/mol. The molecule has 0 unspecified atom stereocenters. The lowest BCUT2D eigenvalue weighted by molar-refractivity contribution is 0.611. The van der Waals surface area contributed by atoms with Crippen molar-refractivity contribution in [2.75, 3.05) is 0 Å². The predicted molar refractivity (Wildman–Crippen MR) is 51.3 cm³/mol. The molecule has 0 aromatic carbocycles. The summed E-state index contributed by atoms with van der Waals surface area (Å²) in [4.78, 5) is 0. The third-order valence-electron chi connectivity index (χ3n) is 1.84. The highest BCUT2D eigenvalue weighted by Gasteiger charge is 1.87. The van der Waals surface area contributed by atoms with E-state index in [1.54, 1.807) is 6.20 Å². The van der Waals surface area contributed by atoms with Crippen molar-refractivity contribution in [2.45, 2.75) is 51.9 Å². The van der Waals surface area contributed by atoms with Gasteiger partial charge in [-0.2, -0.15) is 0 Å². The zero-order valence-electron chi connectivity index (χ0n) is 8.60. The molecular weight excluding hydrogens is 134 g/mol. The van der Waals surface area contributed by atoms with E-state index >= 15 is 0 Å². The molecule has 0 amide bonds. The van der Waals surface area contributed by atoms with Gasteiger partial charge in [0.1, 0.15) is 0 Å². The molecule has 0 radical (unpaired) electrons. The maximum atomic E-state index is 6.64. The summed E-state index contributed by atoms with van der Waals surface area (Å²) in [6.07, 6.45) is 12.9. The minimum absolute atomic E-state index is 1.11. The minimum Gasteiger partial charge on any atom is -0.405 e. The summed E-state index contributed by atoms with van der Waals surface area (Å²) in [6.45, 7) is 2.24. The molecule has 1 nitrogen and oxygen atoms in total. The fraction of sp³-hybridized carbons (Fsp3) is 0.800. The Balaban J connectivity index is 2.86. The van der Waals surface area contributed by atoms with Gasteiger partial charge in [-0.15, -0.1) is 0 Å². The van der Waals surface area contributed by atoms with Gasteiger partial charge in [-0.25, -0.2) is 0 Å². The van der Waals surface area contributed by atoms with Crippen LogP contribution in [0.1, 0.15) is 51.9 Å². The van der Waals surface area contributed by atoms with E-state index in [0.717, 1.165) is 6.42 Å². The molecule has 0 spiro atoms. The van der Waals surface area contributed by atoms with Crippen molar-refractivity contribution in [1.29, 1.82) is 0 Å². The summed E-state index contributed by atoms with van der Waals surface area (Å²) < 4.78 is 6.64. The van der Waals surface area contributed by atoms with Crippen molar-refractivity contribution < 1.29 is 1.41 Å². The average molecular weight is 156 g/mol. The highest BCUT2D eigenvalue weighted by atomic mass is 14.5. The second-order valence-electron chi connectivity index (χ2n) is 2.96. The van der Waals surface area contributed by atoms with Crippen LogP contribution in [-0.4, -0.2) is 0 Å². The van der Waals surface area contributed by atoms with E-state index in [-0.39, 0.29) is 0 Å². The molecule has 0 fully saturated rings. The zero-order valence-corrected chi connectivity index (χ0v) is 7.60. The molecule has 0 aromatic rings. The molecule has 1 heteroatoms. The smallest absolute Gasteiger partial charge is 0.156 e. The van der Waals surface area contributed by atoms with Gasteiger partial charge < -0.3 is 5.73 Å². The van der Waals surface area contributed by atoms with Crippen LogP contribution in [0, 0.1) is 0 Å². The summed E-state index contributed by atoms with van der Waals surface area (Å²) in [5.41, 5.74) is 2.25. The topological polar surface area (TPSA) is 26.0 Å². The summed E-state index contributed by atoms with van der Waals surface area (Å²) in [6, 6.07) is 0. The van der Waals surface area contributed by atoms with Gasteiger partial charge in [0.05, 0.1) is 0 Å². The van der Waals surface area contributed by atoms with Crippen molar-refractivity contribution in [3.05, 3.63) is 12.3 Å². The molecule has 0 aliphatic carbocycles. The largest absolute Gasteiger partial charge is 0.405 e. The summed E-state index contributed by atoms with van der Waals surface area (Å²) in [5.74, 6) is 0. The van der Waals surface area contributed by atoms with Crippen LogP contribution in [-0.2, 0) is 0 Å². The number of hydrogen-bond acceptors (Lipinski definition) is 1. The maximum absolute atomic E-state index is 6.64. The number of rotatable bonds is 8. The molecule has 0 saturated heterocycles. The van der Waals surface area contributed by atoms with Gasteiger partial charge in [-0.1, -0.05) is 45.1 Å². The van der Waals surface area contributed by atoms with Crippen molar-refractivity contribution >= 4 is 0 Å². The SMILES string of the molecule is [2H]NC=CCCCCCCCC. The molecule has 0 aromatic heterocycles. The van der Waals surface area contributed by atoms with E-state index in [0.29, 0.717) is 0 Å². The minimum atomic E-state index is 1.11. The lowest BCUT2D eigenvalue weighted by atomic mass is 10.1. The van der Waals surface area contributed by atoms with Crippen molar-refractivity contribution in [3.63, 3.8) is 0 Å². The highest BCUT2D eigenvalue weighted by Crippen LogP contribution is 2.06. The lowest BCUT2D eigenvalue weighted by Gasteiger charge is -1.96. The van der Waals surface area contributed by atoms with Crippen LogP contribution in [0.4, 0.5) is 0 Å². The molecule has 0 saturated carbocycles. The molecule has 2 N–H and O–H groups in total. The van der Waals surface area contributed by atoms with Gasteiger partial charge >= 0.3 is 0 Å². The third-order valence-corrected chi connectivity index (χ3v) is 1.84. The Hall–Kier alpha value is -0.460.